The fourth-order valence-corrected chi connectivity index (χ4v) is 1.86. The molecule has 98 valence electrons. The van der Waals surface area contributed by atoms with Crippen molar-refractivity contribution in [2.75, 3.05) is 26.8 Å². The lowest BCUT2D eigenvalue weighted by Crippen LogP contribution is -2.42. The van der Waals surface area contributed by atoms with Gasteiger partial charge in [-0.25, -0.2) is 0 Å². The van der Waals surface area contributed by atoms with E-state index in [1.807, 2.05) is 7.05 Å². The third-order valence-corrected chi connectivity index (χ3v) is 2.94. The maximum atomic E-state index is 11.8. The summed E-state index contributed by atoms with van der Waals surface area (Å²) in [5, 5.41) is 5.92. The van der Waals surface area contributed by atoms with Gasteiger partial charge in [0.1, 0.15) is 0 Å². The topological polar surface area (TPSA) is 93.4 Å². The average molecular weight is 243 g/mol. The highest BCUT2D eigenvalue weighted by Crippen LogP contribution is 2.13. The SMILES string of the molecule is CNC1COCC1C(=O)NCCCCC(N)=O. The van der Waals surface area contributed by atoms with Gasteiger partial charge in [0.15, 0.2) is 0 Å². The first-order valence-corrected chi connectivity index (χ1v) is 5.96. The first-order valence-electron chi connectivity index (χ1n) is 5.96. The molecule has 6 heteroatoms. The van der Waals surface area contributed by atoms with E-state index in [0.29, 0.717) is 32.6 Å². The number of likely N-dealkylation sites (N-methyl/N-ethyl adjacent to an activating group) is 1. The molecule has 0 aromatic carbocycles. The summed E-state index contributed by atoms with van der Waals surface area (Å²) in [7, 11) is 1.83. The first kappa shape index (κ1) is 13.9. The second kappa shape index (κ2) is 7.24. The third-order valence-electron chi connectivity index (χ3n) is 2.94. The Bertz CT molecular complexity index is 271. The Morgan fingerprint density at radius 3 is 2.76 bits per heavy atom. The minimum atomic E-state index is -0.296. The number of hydrogen-bond donors (Lipinski definition) is 3. The molecule has 1 heterocycles. The molecule has 4 N–H and O–H groups in total. The normalized spacial score (nSPS) is 23.6. The summed E-state index contributed by atoms with van der Waals surface area (Å²) in [6.45, 7) is 1.63. The summed E-state index contributed by atoms with van der Waals surface area (Å²) in [6, 6.07) is 0.0978. The monoisotopic (exact) mass is 243 g/mol. The highest BCUT2D eigenvalue weighted by Gasteiger charge is 2.32. The number of carbonyl (C=O) groups is 2. The second-order valence-electron chi connectivity index (χ2n) is 4.25. The Hall–Kier alpha value is -1.14. The fraction of sp³-hybridized carbons (Fsp3) is 0.818. The summed E-state index contributed by atoms with van der Waals surface area (Å²) in [4.78, 5) is 22.3. The van der Waals surface area contributed by atoms with Crippen molar-refractivity contribution < 1.29 is 14.3 Å². The minimum absolute atomic E-state index is 0.0147. The average Bonchev–Trinajstić information content (AvgIpc) is 2.75. The van der Waals surface area contributed by atoms with E-state index in [9.17, 15) is 9.59 Å². The number of carbonyl (C=O) groups excluding carboxylic acids is 2. The first-order chi connectivity index (χ1) is 8.15. The van der Waals surface area contributed by atoms with Crippen molar-refractivity contribution in [2.24, 2.45) is 11.7 Å². The zero-order chi connectivity index (χ0) is 12.7. The molecule has 1 saturated heterocycles. The molecule has 6 nitrogen and oxygen atoms in total. The van der Waals surface area contributed by atoms with Crippen LogP contribution in [0.3, 0.4) is 0 Å². The number of nitrogens with one attached hydrogen (secondary N) is 2. The van der Waals surface area contributed by atoms with Crippen LogP contribution in [0.4, 0.5) is 0 Å². The lowest BCUT2D eigenvalue weighted by atomic mass is 10.0. The van der Waals surface area contributed by atoms with Gasteiger partial charge in [-0.1, -0.05) is 0 Å². The number of unbranched alkanes of at least 4 members (excludes halogenated alkanes) is 1. The molecule has 2 amide bonds. The zero-order valence-corrected chi connectivity index (χ0v) is 10.2. The van der Waals surface area contributed by atoms with Crippen molar-refractivity contribution in [3.05, 3.63) is 0 Å². The van der Waals surface area contributed by atoms with Crippen LogP contribution >= 0.6 is 0 Å². The molecular weight excluding hydrogens is 222 g/mol. The quantitative estimate of drug-likeness (QED) is 0.500. The smallest absolute Gasteiger partial charge is 0.227 e. The van der Waals surface area contributed by atoms with E-state index in [-0.39, 0.29) is 23.8 Å². The van der Waals surface area contributed by atoms with E-state index < -0.39 is 0 Å². The lowest BCUT2D eigenvalue weighted by molar-refractivity contribution is -0.125. The number of hydrogen-bond acceptors (Lipinski definition) is 4. The molecule has 0 saturated carbocycles. The largest absolute Gasteiger partial charge is 0.379 e. The Morgan fingerprint density at radius 2 is 2.12 bits per heavy atom. The molecule has 0 aromatic rings. The molecule has 0 aromatic heterocycles. The predicted octanol–water partition coefficient (Wildman–Crippen LogP) is -1.01. The van der Waals surface area contributed by atoms with Crippen LogP contribution in [-0.2, 0) is 14.3 Å². The Kier molecular flexibility index (Phi) is 5.93. The number of amides is 2. The van der Waals surface area contributed by atoms with Gasteiger partial charge in [0.2, 0.25) is 11.8 Å². The van der Waals surface area contributed by atoms with Gasteiger partial charge >= 0.3 is 0 Å². The van der Waals surface area contributed by atoms with Crippen molar-refractivity contribution in [2.45, 2.75) is 25.3 Å². The van der Waals surface area contributed by atoms with Crippen LogP contribution in [0, 0.1) is 5.92 Å². The van der Waals surface area contributed by atoms with Crippen LogP contribution in [0.25, 0.3) is 0 Å². The van der Waals surface area contributed by atoms with Crippen molar-refractivity contribution in [1.29, 1.82) is 0 Å². The molecule has 0 radical (unpaired) electrons. The van der Waals surface area contributed by atoms with Crippen molar-refractivity contribution in [1.82, 2.24) is 10.6 Å². The van der Waals surface area contributed by atoms with Gasteiger partial charge in [-0.2, -0.15) is 0 Å². The summed E-state index contributed by atoms with van der Waals surface area (Å²) in [6.07, 6.45) is 1.86. The van der Waals surface area contributed by atoms with E-state index in [1.54, 1.807) is 0 Å². The Labute approximate surface area is 101 Å². The van der Waals surface area contributed by atoms with E-state index in [2.05, 4.69) is 10.6 Å². The molecule has 1 fully saturated rings. The fourth-order valence-electron chi connectivity index (χ4n) is 1.86. The van der Waals surface area contributed by atoms with Crippen molar-refractivity contribution in [3.63, 3.8) is 0 Å². The summed E-state index contributed by atoms with van der Waals surface area (Å²) >= 11 is 0. The second-order valence-corrected chi connectivity index (χ2v) is 4.25. The molecule has 1 aliphatic rings. The Balaban J connectivity index is 2.14. The molecule has 0 aliphatic carbocycles. The van der Waals surface area contributed by atoms with Crippen LogP contribution in [0.5, 0.6) is 0 Å². The molecule has 2 atom stereocenters. The molecule has 0 spiro atoms. The van der Waals surface area contributed by atoms with Crippen LogP contribution < -0.4 is 16.4 Å². The summed E-state index contributed by atoms with van der Waals surface area (Å²) < 4.78 is 5.26. The van der Waals surface area contributed by atoms with E-state index in [0.717, 1.165) is 6.42 Å². The van der Waals surface area contributed by atoms with Gasteiger partial charge in [0.25, 0.3) is 0 Å². The van der Waals surface area contributed by atoms with E-state index >= 15 is 0 Å². The van der Waals surface area contributed by atoms with Gasteiger partial charge in [0, 0.05) is 19.0 Å². The van der Waals surface area contributed by atoms with Gasteiger partial charge in [-0.3, -0.25) is 9.59 Å². The summed E-state index contributed by atoms with van der Waals surface area (Å²) in [5.74, 6) is -0.396. The molecule has 1 rings (SSSR count). The molecule has 1 aliphatic heterocycles. The van der Waals surface area contributed by atoms with Crippen LogP contribution in [0.2, 0.25) is 0 Å². The molecule has 2 unspecified atom stereocenters. The van der Waals surface area contributed by atoms with Gasteiger partial charge in [0.05, 0.1) is 19.1 Å². The van der Waals surface area contributed by atoms with Crippen LogP contribution in [0.1, 0.15) is 19.3 Å². The Morgan fingerprint density at radius 1 is 1.35 bits per heavy atom. The number of rotatable bonds is 7. The minimum Gasteiger partial charge on any atom is -0.379 e. The standard InChI is InChI=1S/C11H21N3O3/c1-13-9-7-17-6-8(9)11(16)14-5-3-2-4-10(12)15/h8-9,13H,2-7H2,1H3,(H2,12,15)(H,14,16). The maximum Gasteiger partial charge on any atom is 0.227 e. The van der Waals surface area contributed by atoms with Gasteiger partial charge < -0.3 is 21.1 Å². The van der Waals surface area contributed by atoms with Gasteiger partial charge in [-0.05, 0) is 19.9 Å². The highest BCUT2D eigenvalue weighted by atomic mass is 16.5. The van der Waals surface area contributed by atoms with E-state index in [4.69, 9.17) is 10.5 Å². The highest BCUT2D eigenvalue weighted by molar-refractivity contribution is 5.79. The zero-order valence-electron chi connectivity index (χ0n) is 10.2. The van der Waals surface area contributed by atoms with Crippen LogP contribution in [0.15, 0.2) is 0 Å². The lowest BCUT2D eigenvalue weighted by Gasteiger charge is -2.16. The summed E-state index contributed by atoms with van der Waals surface area (Å²) in [5.41, 5.74) is 5.02. The third kappa shape index (κ3) is 4.70. The number of primary amides is 1. The molecule has 17 heavy (non-hydrogen) atoms. The van der Waals surface area contributed by atoms with Crippen molar-refractivity contribution in [3.8, 4) is 0 Å². The molecule has 0 bridgehead atoms. The van der Waals surface area contributed by atoms with Crippen LogP contribution in [-0.4, -0.2) is 44.7 Å². The predicted molar refractivity (Wildman–Crippen MR) is 63.2 cm³/mol. The maximum absolute atomic E-state index is 11.8. The molecular formula is C11H21N3O3. The number of ether oxygens (including phenoxy) is 1. The van der Waals surface area contributed by atoms with E-state index in [1.165, 1.54) is 0 Å². The number of nitrogens with two attached hydrogens (primary N) is 1. The van der Waals surface area contributed by atoms with Crippen molar-refractivity contribution >= 4 is 11.8 Å². The van der Waals surface area contributed by atoms with Gasteiger partial charge in [-0.15, -0.1) is 0 Å².